The van der Waals surface area contributed by atoms with E-state index in [1.54, 1.807) is 0 Å². The topological polar surface area (TPSA) is 35.5 Å². The van der Waals surface area contributed by atoms with E-state index in [0.29, 0.717) is 0 Å². The molecule has 2 rings (SSSR count). The predicted molar refractivity (Wildman–Crippen MR) is 84.9 cm³/mol. The van der Waals surface area contributed by atoms with Crippen LogP contribution in [0.3, 0.4) is 0 Å². The lowest BCUT2D eigenvalue weighted by Gasteiger charge is -2.30. The third kappa shape index (κ3) is 6.11. The third-order valence-corrected chi connectivity index (χ3v) is 4.78. The van der Waals surface area contributed by atoms with Gasteiger partial charge in [-0.25, -0.2) is 0 Å². The zero-order chi connectivity index (χ0) is 14.4. The molecule has 0 aromatic heterocycles. The molecule has 2 saturated carbocycles. The van der Waals surface area contributed by atoms with Gasteiger partial charge in [-0.3, -0.25) is 0 Å². The van der Waals surface area contributed by atoms with Crippen LogP contribution in [0.1, 0.15) is 58.8 Å². The van der Waals surface area contributed by atoms with E-state index in [4.69, 9.17) is 0 Å². The summed E-state index contributed by atoms with van der Waals surface area (Å²) in [6.45, 7) is 9.47. The Kier molecular flexibility index (Phi) is 6.31. The number of rotatable bonds is 12. The zero-order valence-corrected chi connectivity index (χ0v) is 13.5. The van der Waals surface area contributed by atoms with Crippen LogP contribution in [0.15, 0.2) is 0 Å². The number of aliphatic hydroxyl groups is 1. The zero-order valence-electron chi connectivity index (χ0n) is 13.5. The van der Waals surface area contributed by atoms with Gasteiger partial charge in [0.1, 0.15) is 0 Å². The van der Waals surface area contributed by atoms with Crippen LogP contribution in [0.2, 0.25) is 0 Å². The van der Waals surface area contributed by atoms with E-state index in [1.165, 1.54) is 51.7 Å². The minimum Gasteiger partial charge on any atom is -0.394 e. The van der Waals surface area contributed by atoms with E-state index < -0.39 is 0 Å². The van der Waals surface area contributed by atoms with Gasteiger partial charge in [-0.2, -0.15) is 0 Å². The van der Waals surface area contributed by atoms with Crippen LogP contribution < -0.4 is 5.32 Å². The standard InChI is InChI=1S/C17H34N2O/c1-3-10-18-17(2,14-20)9-4-11-19(12-15-5-6-15)13-16-7-8-16/h15-16,18,20H,3-14H2,1-2H3. The van der Waals surface area contributed by atoms with Gasteiger partial charge in [0.2, 0.25) is 0 Å². The Bertz CT molecular complexity index is 262. The average molecular weight is 282 g/mol. The molecule has 0 aromatic carbocycles. The second-order valence-electron chi connectivity index (χ2n) is 7.40. The van der Waals surface area contributed by atoms with Crippen LogP contribution >= 0.6 is 0 Å². The molecule has 1 atom stereocenters. The summed E-state index contributed by atoms with van der Waals surface area (Å²) in [4.78, 5) is 2.70. The lowest BCUT2D eigenvalue weighted by Crippen LogP contribution is -2.46. The van der Waals surface area contributed by atoms with E-state index in [9.17, 15) is 5.11 Å². The fraction of sp³-hybridized carbons (Fsp3) is 1.00. The van der Waals surface area contributed by atoms with Crippen molar-refractivity contribution in [2.24, 2.45) is 11.8 Å². The van der Waals surface area contributed by atoms with E-state index in [1.807, 2.05) is 0 Å². The van der Waals surface area contributed by atoms with Crippen molar-refractivity contribution in [1.82, 2.24) is 10.2 Å². The molecule has 3 nitrogen and oxygen atoms in total. The average Bonchev–Trinajstić information content (AvgIpc) is 3.32. The van der Waals surface area contributed by atoms with E-state index in [0.717, 1.165) is 31.2 Å². The molecule has 0 saturated heterocycles. The van der Waals surface area contributed by atoms with Crippen molar-refractivity contribution in [3.05, 3.63) is 0 Å². The van der Waals surface area contributed by atoms with Crippen molar-refractivity contribution in [3.63, 3.8) is 0 Å². The number of aliphatic hydroxyl groups excluding tert-OH is 1. The Balaban J connectivity index is 1.66. The molecule has 1 unspecified atom stereocenters. The van der Waals surface area contributed by atoms with Crippen molar-refractivity contribution in [1.29, 1.82) is 0 Å². The highest BCUT2D eigenvalue weighted by Crippen LogP contribution is 2.33. The summed E-state index contributed by atoms with van der Waals surface area (Å²) in [5.41, 5.74) is -0.0825. The molecule has 2 N–H and O–H groups in total. The van der Waals surface area contributed by atoms with Crippen LogP contribution in [-0.2, 0) is 0 Å². The molecule has 2 fully saturated rings. The van der Waals surface area contributed by atoms with Gasteiger partial charge in [-0.1, -0.05) is 6.92 Å². The van der Waals surface area contributed by atoms with Crippen molar-refractivity contribution in [2.45, 2.75) is 64.3 Å². The minimum absolute atomic E-state index is 0.0825. The van der Waals surface area contributed by atoms with Crippen molar-refractivity contribution >= 4 is 0 Å². The maximum absolute atomic E-state index is 9.61. The molecule has 0 amide bonds. The third-order valence-electron chi connectivity index (χ3n) is 4.78. The lowest BCUT2D eigenvalue weighted by atomic mass is 9.96. The number of nitrogens with zero attached hydrogens (tertiary/aromatic N) is 1. The Morgan fingerprint density at radius 2 is 1.75 bits per heavy atom. The van der Waals surface area contributed by atoms with Gasteiger partial charge in [-0.15, -0.1) is 0 Å². The highest BCUT2D eigenvalue weighted by atomic mass is 16.3. The number of hydrogen-bond donors (Lipinski definition) is 2. The first-order valence-corrected chi connectivity index (χ1v) is 8.73. The molecule has 118 valence electrons. The largest absolute Gasteiger partial charge is 0.394 e. The summed E-state index contributed by atoms with van der Waals surface area (Å²) in [5, 5.41) is 13.1. The van der Waals surface area contributed by atoms with Crippen LogP contribution in [0.4, 0.5) is 0 Å². The van der Waals surface area contributed by atoms with Crippen LogP contribution in [-0.4, -0.2) is 48.3 Å². The maximum atomic E-state index is 9.61. The number of hydrogen-bond acceptors (Lipinski definition) is 3. The Hall–Kier alpha value is -0.120. The van der Waals surface area contributed by atoms with Crippen molar-refractivity contribution in [3.8, 4) is 0 Å². The highest BCUT2D eigenvalue weighted by Gasteiger charge is 2.29. The Labute approximate surface area is 125 Å². The summed E-state index contributed by atoms with van der Waals surface area (Å²) >= 11 is 0. The first kappa shape index (κ1) is 16.3. The summed E-state index contributed by atoms with van der Waals surface area (Å²) < 4.78 is 0. The molecule has 20 heavy (non-hydrogen) atoms. The fourth-order valence-electron chi connectivity index (χ4n) is 2.93. The summed E-state index contributed by atoms with van der Waals surface area (Å²) in [5.74, 6) is 1.99. The molecular formula is C17H34N2O. The minimum atomic E-state index is -0.0825. The van der Waals surface area contributed by atoms with E-state index in [2.05, 4.69) is 24.1 Å². The second kappa shape index (κ2) is 7.77. The van der Waals surface area contributed by atoms with Gasteiger partial charge in [0, 0.05) is 18.6 Å². The molecular weight excluding hydrogens is 248 g/mol. The molecule has 0 aliphatic heterocycles. The molecule has 0 aromatic rings. The van der Waals surface area contributed by atoms with E-state index >= 15 is 0 Å². The predicted octanol–water partition coefficient (Wildman–Crippen LogP) is 2.64. The van der Waals surface area contributed by atoms with Crippen LogP contribution in [0.25, 0.3) is 0 Å². The maximum Gasteiger partial charge on any atom is 0.0610 e. The molecule has 2 aliphatic carbocycles. The molecule has 3 heteroatoms. The molecule has 2 aliphatic rings. The van der Waals surface area contributed by atoms with Crippen molar-refractivity contribution < 1.29 is 5.11 Å². The van der Waals surface area contributed by atoms with Gasteiger partial charge in [0.05, 0.1) is 6.61 Å². The van der Waals surface area contributed by atoms with Gasteiger partial charge in [0.25, 0.3) is 0 Å². The van der Waals surface area contributed by atoms with Gasteiger partial charge < -0.3 is 15.3 Å². The lowest BCUT2D eigenvalue weighted by molar-refractivity contribution is 0.155. The summed E-state index contributed by atoms with van der Waals surface area (Å²) in [6, 6.07) is 0. The first-order chi connectivity index (χ1) is 9.65. The Morgan fingerprint density at radius 1 is 1.15 bits per heavy atom. The monoisotopic (exact) mass is 282 g/mol. The quantitative estimate of drug-likeness (QED) is 0.577. The molecule has 0 spiro atoms. The van der Waals surface area contributed by atoms with E-state index in [-0.39, 0.29) is 12.1 Å². The van der Waals surface area contributed by atoms with Crippen molar-refractivity contribution in [2.75, 3.05) is 32.8 Å². The molecule has 0 bridgehead atoms. The van der Waals surface area contributed by atoms with Crippen LogP contribution in [0.5, 0.6) is 0 Å². The molecule has 0 heterocycles. The summed E-state index contributed by atoms with van der Waals surface area (Å²) in [6.07, 6.45) is 9.22. The SMILES string of the molecule is CCCNC(C)(CO)CCCN(CC1CC1)CC1CC1. The van der Waals surface area contributed by atoms with Crippen LogP contribution in [0, 0.1) is 11.8 Å². The highest BCUT2D eigenvalue weighted by molar-refractivity contribution is 4.85. The molecule has 0 radical (unpaired) electrons. The first-order valence-electron chi connectivity index (χ1n) is 8.73. The van der Waals surface area contributed by atoms with Gasteiger partial charge in [0.15, 0.2) is 0 Å². The van der Waals surface area contributed by atoms with Gasteiger partial charge in [-0.05, 0) is 76.8 Å². The smallest absolute Gasteiger partial charge is 0.0610 e. The second-order valence-corrected chi connectivity index (χ2v) is 7.40. The normalized spacial score (nSPS) is 22.2. The Morgan fingerprint density at radius 3 is 2.20 bits per heavy atom. The van der Waals surface area contributed by atoms with Gasteiger partial charge >= 0.3 is 0 Å². The summed E-state index contributed by atoms with van der Waals surface area (Å²) in [7, 11) is 0. The fourth-order valence-corrected chi connectivity index (χ4v) is 2.93. The number of nitrogens with one attached hydrogen (secondary N) is 1.